The molecule has 126 valence electrons. The van der Waals surface area contributed by atoms with Crippen LogP contribution >= 0.6 is 0 Å². The Morgan fingerprint density at radius 3 is 2.67 bits per heavy atom. The van der Waals surface area contributed by atoms with Gasteiger partial charge in [-0.15, -0.1) is 0 Å². The smallest absolute Gasteiger partial charge is 0.317 e. The number of nitrogens with zero attached hydrogens (tertiary/aromatic N) is 1. The molecular formula is C19H23N3O2. The highest BCUT2D eigenvalue weighted by atomic mass is 16.2. The highest BCUT2D eigenvalue weighted by molar-refractivity contribution is 5.87. The number of hydrogen-bond acceptors (Lipinski definition) is 2. The summed E-state index contributed by atoms with van der Waals surface area (Å²) in [5.41, 5.74) is 1.21. The largest absolute Gasteiger partial charge is 0.355 e. The van der Waals surface area contributed by atoms with Crippen LogP contribution in [0.25, 0.3) is 10.8 Å². The zero-order chi connectivity index (χ0) is 16.9. The van der Waals surface area contributed by atoms with E-state index in [0.29, 0.717) is 13.1 Å². The average Bonchev–Trinajstić information content (AvgIpc) is 3.07. The number of likely N-dealkylation sites (tertiary alicyclic amines) is 1. The van der Waals surface area contributed by atoms with Gasteiger partial charge in [-0.05, 0) is 29.2 Å². The molecule has 5 nitrogen and oxygen atoms in total. The van der Waals surface area contributed by atoms with E-state index in [1.54, 1.807) is 0 Å². The Hall–Kier alpha value is -2.56. The Labute approximate surface area is 142 Å². The summed E-state index contributed by atoms with van der Waals surface area (Å²) in [6.07, 6.45) is 1.99. The molecule has 0 spiro atoms. The molecule has 1 aliphatic heterocycles. The first-order valence-corrected chi connectivity index (χ1v) is 8.43. The van der Waals surface area contributed by atoms with Crippen molar-refractivity contribution in [2.45, 2.75) is 25.8 Å². The van der Waals surface area contributed by atoms with Gasteiger partial charge in [0.25, 0.3) is 0 Å². The zero-order valence-corrected chi connectivity index (χ0v) is 13.9. The van der Waals surface area contributed by atoms with Gasteiger partial charge in [0.05, 0.1) is 6.04 Å². The molecule has 3 rings (SSSR count). The molecule has 1 atom stereocenters. The minimum Gasteiger partial charge on any atom is -0.355 e. The normalized spacial score (nSPS) is 17.0. The van der Waals surface area contributed by atoms with E-state index in [0.717, 1.165) is 19.4 Å². The third kappa shape index (κ3) is 3.50. The van der Waals surface area contributed by atoms with Crippen molar-refractivity contribution in [3.8, 4) is 0 Å². The third-order valence-corrected chi connectivity index (χ3v) is 4.47. The van der Waals surface area contributed by atoms with E-state index in [9.17, 15) is 9.59 Å². The van der Waals surface area contributed by atoms with Gasteiger partial charge in [-0.1, -0.05) is 42.5 Å². The Kier molecular flexibility index (Phi) is 4.99. The second-order valence-corrected chi connectivity index (χ2v) is 6.13. The molecule has 0 saturated carbocycles. The van der Waals surface area contributed by atoms with Crippen molar-refractivity contribution in [2.24, 2.45) is 0 Å². The average molecular weight is 325 g/mol. The quantitative estimate of drug-likeness (QED) is 0.849. The highest BCUT2D eigenvalue weighted by Crippen LogP contribution is 2.35. The first-order chi connectivity index (χ1) is 11.7. The first kappa shape index (κ1) is 16.3. The van der Waals surface area contributed by atoms with Crippen LogP contribution in [0.15, 0.2) is 42.5 Å². The van der Waals surface area contributed by atoms with Crippen molar-refractivity contribution in [1.82, 2.24) is 15.5 Å². The zero-order valence-electron chi connectivity index (χ0n) is 13.9. The molecule has 0 aliphatic carbocycles. The summed E-state index contributed by atoms with van der Waals surface area (Å²) < 4.78 is 0. The van der Waals surface area contributed by atoms with Crippen LogP contribution in [0.4, 0.5) is 4.79 Å². The summed E-state index contributed by atoms with van der Waals surface area (Å²) >= 11 is 0. The van der Waals surface area contributed by atoms with Crippen molar-refractivity contribution in [2.75, 3.05) is 19.6 Å². The third-order valence-electron chi connectivity index (χ3n) is 4.47. The van der Waals surface area contributed by atoms with Crippen LogP contribution in [-0.4, -0.2) is 36.5 Å². The van der Waals surface area contributed by atoms with E-state index >= 15 is 0 Å². The number of benzene rings is 2. The Balaban J connectivity index is 1.73. The van der Waals surface area contributed by atoms with E-state index in [-0.39, 0.29) is 18.0 Å². The fraction of sp³-hybridized carbons (Fsp3) is 0.368. The molecule has 1 saturated heterocycles. The number of carbonyl (C=O) groups is 2. The minimum atomic E-state index is -0.0842. The summed E-state index contributed by atoms with van der Waals surface area (Å²) in [6, 6.07) is 14.6. The number of hydrogen-bond donors (Lipinski definition) is 2. The van der Waals surface area contributed by atoms with Gasteiger partial charge in [-0.25, -0.2) is 4.79 Å². The molecule has 1 heterocycles. The summed E-state index contributed by atoms with van der Waals surface area (Å²) in [6.45, 7) is 3.13. The Morgan fingerprint density at radius 2 is 1.83 bits per heavy atom. The van der Waals surface area contributed by atoms with Gasteiger partial charge in [0.15, 0.2) is 0 Å². The monoisotopic (exact) mass is 325 g/mol. The highest BCUT2D eigenvalue weighted by Gasteiger charge is 2.30. The molecule has 2 N–H and O–H groups in total. The predicted molar refractivity (Wildman–Crippen MR) is 94.7 cm³/mol. The van der Waals surface area contributed by atoms with Crippen LogP contribution in [0.3, 0.4) is 0 Å². The van der Waals surface area contributed by atoms with E-state index < -0.39 is 0 Å². The fourth-order valence-corrected chi connectivity index (χ4v) is 3.38. The lowest BCUT2D eigenvalue weighted by atomic mass is 9.97. The Morgan fingerprint density at radius 1 is 1.08 bits per heavy atom. The maximum absolute atomic E-state index is 12.5. The molecule has 1 aliphatic rings. The second kappa shape index (κ2) is 7.34. The number of amides is 3. The molecule has 5 heteroatoms. The van der Waals surface area contributed by atoms with Crippen LogP contribution in [0.2, 0.25) is 0 Å². The minimum absolute atomic E-state index is 0.0595. The molecule has 0 unspecified atom stereocenters. The molecule has 3 amide bonds. The van der Waals surface area contributed by atoms with Gasteiger partial charge in [0.2, 0.25) is 5.91 Å². The van der Waals surface area contributed by atoms with Gasteiger partial charge in [-0.3, -0.25) is 4.79 Å². The van der Waals surface area contributed by atoms with Gasteiger partial charge >= 0.3 is 6.03 Å². The molecular weight excluding hydrogens is 302 g/mol. The van der Waals surface area contributed by atoms with E-state index in [4.69, 9.17) is 0 Å². The number of rotatable bonds is 4. The van der Waals surface area contributed by atoms with Crippen molar-refractivity contribution < 1.29 is 9.59 Å². The van der Waals surface area contributed by atoms with Gasteiger partial charge in [0, 0.05) is 26.6 Å². The van der Waals surface area contributed by atoms with Crippen LogP contribution in [0, 0.1) is 0 Å². The molecule has 2 aromatic rings. The topological polar surface area (TPSA) is 61.4 Å². The van der Waals surface area contributed by atoms with Crippen LogP contribution in [0.1, 0.15) is 31.4 Å². The van der Waals surface area contributed by atoms with Crippen molar-refractivity contribution >= 4 is 22.7 Å². The molecule has 0 aromatic heterocycles. The van der Waals surface area contributed by atoms with Crippen LogP contribution in [0.5, 0.6) is 0 Å². The number of fused-ring (bicyclic) bond motifs is 1. The van der Waals surface area contributed by atoms with Crippen LogP contribution < -0.4 is 10.6 Å². The summed E-state index contributed by atoms with van der Waals surface area (Å²) in [7, 11) is 0. The molecule has 0 bridgehead atoms. The van der Waals surface area contributed by atoms with Crippen LogP contribution in [-0.2, 0) is 4.79 Å². The number of urea groups is 1. The molecule has 0 radical (unpaired) electrons. The molecule has 24 heavy (non-hydrogen) atoms. The fourth-order valence-electron chi connectivity index (χ4n) is 3.38. The first-order valence-electron chi connectivity index (χ1n) is 8.43. The maximum atomic E-state index is 12.5. The molecule has 1 fully saturated rings. The lowest BCUT2D eigenvalue weighted by Crippen LogP contribution is -2.42. The summed E-state index contributed by atoms with van der Waals surface area (Å²) in [5.74, 6) is -0.0842. The summed E-state index contributed by atoms with van der Waals surface area (Å²) in [5, 5.41) is 8.00. The second-order valence-electron chi connectivity index (χ2n) is 6.13. The van der Waals surface area contributed by atoms with E-state index in [1.165, 1.54) is 23.3 Å². The van der Waals surface area contributed by atoms with E-state index in [1.807, 2.05) is 17.0 Å². The standard InChI is InChI=1S/C19H23N3O2/c1-14(23)20-11-12-21-19(24)22-13-5-10-18(22)17-9-4-7-15-6-2-3-8-16(15)17/h2-4,6-9,18H,5,10-13H2,1H3,(H,20,23)(H,21,24)/t18-/m0/s1. The molecule has 2 aromatic carbocycles. The van der Waals surface area contributed by atoms with E-state index in [2.05, 4.69) is 41.0 Å². The van der Waals surface area contributed by atoms with Crippen molar-refractivity contribution in [3.63, 3.8) is 0 Å². The summed E-state index contributed by atoms with van der Waals surface area (Å²) in [4.78, 5) is 25.3. The lowest BCUT2D eigenvalue weighted by Gasteiger charge is -2.26. The van der Waals surface area contributed by atoms with Crippen molar-refractivity contribution in [3.05, 3.63) is 48.0 Å². The number of carbonyl (C=O) groups excluding carboxylic acids is 2. The van der Waals surface area contributed by atoms with Gasteiger partial charge in [0.1, 0.15) is 0 Å². The lowest BCUT2D eigenvalue weighted by molar-refractivity contribution is -0.118. The Bertz CT molecular complexity index is 739. The van der Waals surface area contributed by atoms with Gasteiger partial charge < -0.3 is 15.5 Å². The number of nitrogens with one attached hydrogen (secondary N) is 2. The SMILES string of the molecule is CC(=O)NCCNC(=O)N1CCC[C@H]1c1cccc2ccccc12. The maximum Gasteiger partial charge on any atom is 0.317 e. The van der Waals surface area contributed by atoms with Gasteiger partial charge in [-0.2, -0.15) is 0 Å². The van der Waals surface area contributed by atoms with Crippen molar-refractivity contribution in [1.29, 1.82) is 0 Å². The predicted octanol–water partition coefficient (Wildman–Crippen LogP) is 2.82.